The smallest absolute Gasteiger partial charge is 0.329 e. The maximum Gasteiger partial charge on any atom is 0.329 e. The summed E-state index contributed by atoms with van der Waals surface area (Å²) in [5.41, 5.74) is 0.547. The Labute approximate surface area is 151 Å². The maximum atomic E-state index is 12.4. The van der Waals surface area contributed by atoms with Crippen molar-refractivity contribution >= 4 is 23.7 Å². The van der Waals surface area contributed by atoms with Crippen LogP contribution in [-0.2, 0) is 14.3 Å². The number of imide groups is 1. The predicted octanol–water partition coefficient (Wildman–Crippen LogP) is 1.47. The molecule has 2 heterocycles. The van der Waals surface area contributed by atoms with Crippen LogP contribution in [0.5, 0.6) is 0 Å². The van der Waals surface area contributed by atoms with Crippen LogP contribution in [0, 0.1) is 5.92 Å². The molecule has 1 saturated heterocycles. The van der Waals surface area contributed by atoms with E-state index in [-0.39, 0.29) is 23.6 Å². The molecule has 7 heteroatoms. The van der Waals surface area contributed by atoms with Crippen LogP contribution >= 0.6 is 0 Å². The number of likely N-dealkylation sites (tertiary alicyclic amines) is 1. The van der Waals surface area contributed by atoms with Gasteiger partial charge in [0.15, 0.2) is 6.61 Å². The minimum absolute atomic E-state index is 0.250. The number of rotatable bonds is 4. The van der Waals surface area contributed by atoms with Crippen LogP contribution in [0.15, 0.2) is 24.3 Å². The Kier molecular flexibility index (Phi) is 5.06. The van der Waals surface area contributed by atoms with Gasteiger partial charge in [-0.2, -0.15) is 0 Å². The predicted molar refractivity (Wildman–Crippen MR) is 92.3 cm³/mol. The second-order valence-electron chi connectivity index (χ2n) is 6.90. The zero-order valence-electron chi connectivity index (χ0n) is 14.9. The molecule has 3 rings (SSSR count). The first-order valence-electron chi connectivity index (χ1n) is 8.81. The lowest BCUT2D eigenvalue weighted by Gasteiger charge is -2.31. The molecule has 0 N–H and O–H groups in total. The summed E-state index contributed by atoms with van der Waals surface area (Å²) in [6, 6.07) is 5.34. The summed E-state index contributed by atoms with van der Waals surface area (Å²) in [5, 5.41) is 0. The third kappa shape index (κ3) is 3.34. The Morgan fingerprint density at radius 1 is 1.19 bits per heavy atom. The van der Waals surface area contributed by atoms with Crippen molar-refractivity contribution in [2.45, 2.75) is 32.7 Å². The fraction of sp³-hybridized carbons (Fsp3) is 0.474. The molecule has 0 radical (unpaired) electrons. The highest BCUT2D eigenvalue weighted by molar-refractivity contribution is 6.22. The standard InChI is InChI=1S/C19H22N2O5/c1-12-6-5-9-20(10-12)16(22)11-26-19(25)13(2)21-17(23)14-7-3-4-8-15(14)18(21)24/h3-4,7-8,12-13H,5-6,9-11H2,1-2H3/t12-,13+/m1/s1. The highest BCUT2D eigenvalue weighted by Crippen LogP contribution is 2.24. The number of amides is 3. The highest BCUT2D eigenvalue weighted by atomic mass is 16.5. The summed E-state index contributed by atoms with van der Waals surface area (Å²) in [7, 11) is 0. The van der Waals surface area contributed by atoms with E-state index in [4.69, 9.17) is 4.74 Å². The fourth-order valence-electron chi connectivity index (χ4n) is 3.43. The minimum atomic E-state index is -1.09. The van der Waals surface area contributed by atoms with E-state index in [0.717, 1.165) is 17.7 Å². The van der Waals surface area contributed by atoms with E-state index in [1.54, 1.807) is 29.2 Å². The van der Waals surface area contributed by atoms with Crippen LogP contribution < -0.4 is 0 Å². The van der Waals surface area contributed by atoms with Crippen molar-refractivity contribution in [3.63, 3.8) is 0 Å². The molecule has 0 bridgehead atoms. The first kappa shape index (κ1) is 18.1. The molecule has 26 heavy (non-hydrogen) atoms. The number of benzene rings is 1. The third-order valence-corrected chi connectivity index (χ3v) is 4.90. The van der Waals surface area contributed by atoms with E-state index in [1.807, 2.05) is 0 Å². The van der Waals surface area contributed by atoms with E-state index in [0.29, 0.717) is 19.0 Å². The minimum Gasteiger partial charge on any atom is -0.454 e. The number of piperidine rings is 1. The van der Waals surface area contributed by atoms with Gasteiger partial charge in [0, 0.05) is 13.1 Å². The molecule has 2 aliphatic rings. The van der Waals surface area contributed by atoms with Crippen molar-refractivity contribution in [3.05, 3.63) is 35.4 Å². The Hall–Kier alpha value is -2.70. The summed E-state index contributed by atoms with van der Waals surface area (Å²) in [4.78, 5) is 51.9. The number of hydrogen-bond donors (Lipinski definition) is 0. The fourth-order valence-corrected chi connectivity index (χ4v) is 3.43. The molecule has 7 nitrogen and oxygen atoms in total. The maximum absolute atomic E-state index is 12.4. The molecule has 0 spiro atoms. The van der Waals surface area contributed by atoms with Crippen LogP contribution in [0.1, 0.15) is 47.4 Å². The van der Waals surface area contributed by atoms with Gasteiger partial charge in [-0.15, -0.1) is 0 Å². The lowest BCUT2D eigenvalue weighted by Crippen LogP contribution is -2.45. The molecule has 1 fully saturated rings. The average molecular weight is 358 g/mol. The number of carbonyl (C=O) groups excluding carboxylic acids is 4. The molecular formula is C19H22N2O5. The molecule has 1 aromatic rings. The van der Waals surface area contributed by atoms with Gasteiger partial charge < -0.3 is 9.64 Å². The van der Waals surface area contributed by atoms with E-state index in [9.17, 15) is 19.2 Å². The van der Waals surface area contributed by atoms with Gasteiger partial charge in [0.2, 0.25) is 0 Å². The van der Waals surface area contributed by atoms with E-state index in [1.165, 1.54) is 6.92 Å². The van der Waals surface area contributed by atoms with Gasteiger partial charge in [0.1, 0.15) is 6.04 Å². The number of esters is 1. The summed E-state index contributed by atoms with van der Waals surface area (Å²) in [5.74, 6) is -1.63. The largest absolute Gasteiger partial charge is 0.454 e. The van der Waals surface area contributed by atoms with Gasteiger partial charge >= 0.3 is 5.97 Å². The zero-order valence-corrected chi connectivity index (χ0v) is 14.9. The van der Waals surface area contributed by atoms with Gasteiger partial charge in [-0.3, -0.25) is 19.3 Å². The van der Waals surface area contributed by atoms with E-state index >= 15 is 0 Å². The van der Waals surface area contributed by atoms with Crippen molar-refractivity contribution in [1.82, 2.24) is 9.80 Å². The molecule has 138 valence electrons. The highest BCUT2D eigenvalue weighted by Gasteiger charge is 2.41. The number of carbonyl (C=O) groups is 4. The van der Waals surface area contributed by atoms with Crippen molar-refractivity contribution < 1.29 is 23.9 Å². The van der Waals surface area contributed by atoms with Crippen LogP contribution in [0.4, 0.5) is 0 Å². The second kappa shape index (κ2) is 7.27. The van der Waals surface area contributed by atoms with E-state index < -0.39 is 23.8 Å². The molecule has 0 aliphatic carbocycles. The quantitative estimate of drug-likeness (QED) is 0.601. The van der Waals surface area contributed by atoms with Crippen LogP contribution in [0.3, 0.4) is 0 Å². The molecule has 2 atom stereocenters. The van der Waals surface area contributed by atoms with Crippen molar-refractivity contribution in [2.24, 2.45) is 5.92 Å². The summed E-state index contributed by atoms with van der Waals surface area (Å²) in [6.45, 7) is 4.45. The zero-order chi connectivity index (χ0) is 18.8. The number of fused-ring (bicyclic) bond motifs is 1. The van der Waals surface area contributed by atoms with Gasteiger partial charge in [-0.1, -0.05) is 19.1 Å². The Morgan fingerprint density at radius 2 is 1.81 bits per heavy atom. The van der Waals surface area contributed by atoms with Crippen LogP contribution in [0.25, 0.3) is 0 Å². The molecule has 3 amide bonds. The molecular weight excluding hydrogens is 336 g/mol. The third-order valence-electron chi connectivity index (χ3n) is 4.90. The topological polar surface area (TPSA) is 84.0 Å². The molecule has 0 saturated carbocycles. The van der Waals surface area contributed by atoms with Crippen LogP contribution in [0.2, 0.25) is 0 Å². The first-order chi connectivity index (χ1) is 12.4. The van der Waals surface area contributed by atoms with Gasteiger partial charge in [0.05, 0.1) is 11.1 Å². The molecule has 1 aromatic carbocycles. The average Bonchev–Trinajstić information content (AvgIpc) is 2.90. The number of hydrogen-bond acceptors (Lipinski definition) is 5. The van der Waals surface area contributed by atoms with Crippen molar-refractivity contribution in [1.29, 1.82) is 0 Å². The van der Waals surface area contributed by atoms with Crippen molar-refractivity contribution in [3.8, 4) is 0 Å². The molecule has 2 aliphatic heterocycles. The number of ether oxygens (including phenoxy) is 1. The Bertz CT molecular complexity index is 725. The van der Waals surface area contributed by atoms with Crippen molar-refractivity contribution in [2.75, 3.05) is 19.7 Å². The first-order valence-corrected chi connectivity index (χ1v) is 8.81. The Balaban J connectivity index is 1.59. The SMILES string of the molecule is C[C@@H]1CCCN(C(=O)COC(=O)[C@H](C)N2C(=O)c3ccccc3C2=O)C1. The summed E-state index contributed by atoms with van der Waals surface area (Å²) < 4.78 is 5.09. The van der Waals surface area contributed by atoms with Gasteiger partial charge in [0.25, 0.3) is 17.7 Å². The van der Waals surface area contributed by atoms with Crippen LogP contribution in [-0.4, -0.2) is 59.2 Å². The summed E-state index contributed by atoms with van der Waals surface area (Å²) >= 11 is 0. The lowest BCUT2D eigenvalue weighted by molar-refractivity contribution is -0.155. The second-order valence-corrected chi connectivity index (χ2v) is 6.90. The molecule has 0 unspecified atom stereocenters. The summed E-state index contributed by atoms with van der Waals surface area (Å²) in [6.07, 6.45) is 2.02. The molecule has 0 aromatic heterocycles. The lowest BCUT2D eigenvalue weighted by atomic mass is 10.0. The normalized spacial score (nSPS) is 20.8. The monoisotopic (exact) mass is 358 g/mol. The van der Waals surface area contributed by atoms with Gasteiger partial charge in [-0.05, 0) is 37.8 Å². The Morgan fingerprint density at radius 3 is 2.38 bits per heavy atom. The number of nitrogens with zero attached hydrogens (tertiary/aromatic N) is 2. The van der Waals surface area contributed by atoms with Gasteiger partial charge in [-0.25, -0.2) is 4.79 Å². The van der Waals surface area contributed by atoms with E-state index in [2.05, 4.69) is 6.92 Å².